The molecule has 1 aliphatic rings. The largest absolute Gasteiger partial charge is 0.417 e. The smallest absolute Gasteiger partial charge is 0.366 e. The molecule has 1 aliphatic heterocycles. The minimum Gasteiger partial charge on any atom is -0.366 e. The Bertz CT molecular complexity index is 743. The number of aromatic nitrogens is 3. The van der Waals surface area contributed by atoms with E-state index in [0.717, 1.165) is 37.2 Å². The number of pyridine rings is 1. The van der Waals surface area contributed by atoms with Gasteiger partial charge in [-0.3, -0.25) is 0 Å². The normalized spacial score (nSPS) is 16.0. The third-order valence-corrected chi connectivity index (χ3v) is 4.83. The molecule has 2 aromatic rings. The van der Waals surface area contributed by atoms with Crippen LogP contribution in [-0.2, 0) is 12.6 Å². The van der Waals surface area contributed by atoms with Gasteiger partial charge in [-0.25, -0.2) is 15.0 Å². The highest BCUT2D eigenvalue weighted by Gasteiger charge is 2.31. The van der Waals surface area contributed by atoms with E-state index in [0.29, 0.717) is 29.7 Å². The average molecular weight is 386 g/mol. The van der Waals surface area contributed by atoms with Gasteiger partial charge < -0.3 is 10.2 Å². The standard InChI is InChI=1S/C17H19ClF3N5/c1-2-13-15(18)16(24-10-23-13)25-12-5-7-26(8-6-12)14-4-3-11(9-22-14)17(19,20)21/h3-4,9-10,12H,2,5-8H2,1H3,(H,23,24,25). The lowest BCUT2D eigenvalue weighted by molar-refractivity contribution is -0.137. The predicted molar refractivity (Wildman–Crippen MR) is 94.5 cm³/mol. The molecule has 140 valence electrons. The van der Waals surface area contributed by atoms with Crippen LogP contribution in [0.3, 0.4) is 0 Å². The summed E-state index contributed by atoms with van der Waals surface area (Å²) in [4.78, 5) is 14.3. The zero-order valence-electron chi connectivity index (χ0n) is 14.2. The second-order valence-electron chi connectivity index (χ2n) is 6.14. The van der Waals surface area contributed by atoms with Gasteiger partial charge >= 0.3 is 6.18 Å². The van der Waals surface area contributed by atoms with Crippen molar-refractivity contribution in [2.45, 2.75) is 38.4 Å². The molecule has 3 heterocycles. The van der Waals surface area contributed by atoms with Crippen molar-refractivity contribution in [3.8, 4) is 0 Å². The van der Waals surface area contributed by atoms with E-state index in [-0.39, 0.29) is 6.04 Å². The number of nitrogens with zero attached hydrogens (tertiary/aromatic N) is 4. The van der Waals surface area contributed by atoms with E-state index in [1.165, 1.54) is 12.4 Å². The third kappa shape index (κ3) is 4.17. The van der Waals surface area contributed by atoms with Crippen molar-refractivity contribution in [3.63, 3.8) is 0 Å². The summed E-state index contributed by atoms with van der Waals surface area (Å²) in [5, 5.41) is 3.89. The maximum atomic E-state index is 12.6. The summed E-state index contributed by atoms with van der Waals surface area (Å²) < 4.78 is 37.9. The molecule has 0 radical (unpaired) electrons. The van der Waals surface area contributed by atoms with Gasteiger partial charge in [0.1, 0.15) is 23.0 Å². The fourth-order valence-corrected chi connectivity index (χ4v) is 3.23. The van der Waals surface area contributed by atoms with E-state index >= 15 is 0 Å². The molecule has 26 heavy (non-hydrogen) atoms. The molecule has 1 fully saturated rings. The van der Waals surface area contributed by atoms with E-state index in [4.69, 9.17) is 11.6 Å². The van der Waals surface area contributed by atoms with Crippen molar-refractivity contribution in [1.82, 2.24) is 15.0 Å². The zero-order valence-corrected chi connectivity index (χ0v) is 15.0. The Balaban J connectivity index is 1.59. The van der Waals surface area contributed by atoms with Crippen LogP contribution in [0.4, 0.5) is 24.8 Å². The molecule has 0 spiro atoms. The van der Waals surface area contributed by atoms with Gasteiger partial charge in [-0.1, -0.05) is 18.5 Å². The Kier molecular flexibility index (Phi) is 5.50. The number of halogens is 4. The molecule has 1 N–H and O–H groups in total. The number of nitrogens with one attached hydrogen (secondary N) is 1. The van der Waals surface area contributed by atoms with Gasteiger partial charge in [0.15, 0.2) is 0 Å². The Labute approximate surface area is 154 Å². The van der Waals surface area contributed by atoms with E-state index < -0.39 is 11.7 Å². The van der Waals surface area contributed by atoms with Crippen LogP contribution in [0.25, 0.3) is 0 Å². The fraction of sp³-hybridized carbons (Fsp3) is 0.471. The first-order chi connectivity index (χ1) is 12.4. The molecule has 1 saturated heterocycles. The van der Waals surface area contributed by atoms with Crippen molar-refractivity contribution in [2.75, 3.05) is 23.3 Å². The van der Waals surface area contributed by atoms with Crippen molar-refractivity contribution < 1.29 is 13.2 Å². The van der Waals surface area contributed by atoms with Crippen LogP contribution in [-0.4, -0.2) is 34.1 Å². The Morgan fingerprint density at radius 1 is 1.19 bits per heavy atom. The van der Waals surface area contributed by atoms with Gasteiger partial charge in [0.2, 0.25) is 0 Å². The summed E-state index contributed by atoms with van der Waals surface area (Å²) in [6.45, 7) is 3.37. The number of anilines is 2. The number of rotatable bonds is 4. The summed E-state index contributed by atoms with van der Waals surface area (Å²) in [6.07, 6.45) is 0.362. The minimum absolute atomic E-state index is 0.192. The molecule has 0 amide bonds. The van der Waals surface area contributed by atoms with Gasteiger partial charge in [0, 0.05) is 25.3 Å². The Hall–Kier alpha value is -2.09. The molecule has 0 saturated carbocycles. The molecule has 3 rings (SSSR count). The molecule has 9 heteroatoms. The van der Waals surface area contributed by atoms with E-state index in [1.807, 2.05) is 11.8 Å². The molecule has 0 aromatic carbocycles. The quantitative estimate of drug-likeness (QED) is 0.855. The maximum absolute atomic E-state index is 12.6. The number of alkyl halides is 3. The summed E-state index contributed by atoms with van der Waals surface area (Å²) >= 11 is 6.30. The molecule has 5 nitrogen and oxygen atoms in total. The lowest BCUT2D eigenvalue weighted by Gasteiger charge is -2.33. The fourth-order valence-electron chi connectivity index (χ4n) is 2.94. The monoisotopic (exact) mass is 385 g/mol. The number of hydrogen-bond donors (Lipinski definition) is 1. The number of piperidine rings is 1. The SMILES string of the molecule is CCc1ncnc(NC2CCN(c3ccc(C(F)(F)F)cn3)CC2)c1Cl. The highest BCUT2D eigenvalue weighted by Crippen LogP contribution is 2.30. The lowest BCUT2D eigenvalue weighted by Crippen LogP contribution is -2.39. The van der Waals surface area contributed by atoms with E-state index in [1.54, 1.807) is 0 Å². The Morgan fingerprint density at radius 3 is 2.50 bits per heavy atom. The topological polar surface area (TPSA) is 53.9 Å². The van der Waals surface area contributed by atoms with Crippen LogP contribution in [0.2, 0.25) is 5.02 Å². The highest BCUT2D eigenvalue weighted by atomic mass is 35.5. The van der Waals surface area contributed by atoms with Crippen molar-refractivity contribution >= 4 is 23.2 Å². The van der Waals surface area contributed by atoms with Gasteiger partial charge in [-0.2, -0.15) is 13.2 Å². The average Bonchev–Trinajstić information content (AvgIpc) is 2.63. The summed E-state index contributed by atoms with van der Waals surface area (Å²) in [5.74, 6) is 1.19. The van der Waals surface area contributed by atoms with E-state index in [9.17, 15) is 13.2 Å². The summed E-state index contributed by atoms with van der Waals surface area (Å²) in [5.41, 5.74) is 0.0680. The van der Waals surface area contributed by atoms with Gasteiger partial charge in [-0.15, -0.1) is 0 Å². The Morgan fingerprint density at radius 2 is 1.92 bits per heavy atom. The van der Waals surface area contributed by atoms with Gasteiger partial charge in [-0.05, 0) is 31.4 Å². The predicted octanol–water partition coefficient (Wildman–Crippen LogP) is 4.19. The zero-order chi connectivity index (χ0) is 18.7. The van der Waals surface area contributed by atoms with Gasteiger partial charge in [0.05, 0.1) is 11.3 Å². The molecule has 2 aromatic heterocycles. The molecule has 0 unspecified atom stereocenters. The van der Waals surface area contributed by atoms with Crippen LogP contribution >= 0.6 is 11.6 Å². The van der Waals surface area contributed by atoms with Crippen LogP contribution in [0.1, 0.15) is 31.0 Å². The second-order valence-corrected chi connectivity index (χ2v) is 6.52. The molecule has 0 aliphatic carbocycles. The van der Waals surface area contributed by atoms with Crippen LogP contribution in [0.5, 0.6) is 0 Å². The second kappa shape index (κ2) is 7.65. The van der Waals surface area contributed by atoms with Crippen LogP contribution in [0, 0.1) is 0 Å². The number of hydrogen-bond acceptors (Lipinski definition) is 5. The first-order valence-electron chi connectivity index (χ1n) is 8.42. The van der Waals surface area contributed by atoms with Crippen molar-refractivity contribution in [3.05, 3.63) is 40.9 Å². The van der Waals surface area contributed by atoms with Gasteiger partial charge in [0.25, 0.3) is 0 Å². The molecule has 0 atom stereocenters. The first-order valence-corrected chi connectivity index (χ1v) is 8.80. The molecule has 0 bridgehead atoms. The minimum atomic E-state index is -4.36. The van der Waals surface area contributed by atoms with E-state index in [2.05, 4.69) is 20.3 Å². The van der Waals surface area contributed by atoms with Crippen LogP contribution < -0.4 is 10.2 Å². The number of aryl methyl sites for hydroxylation is 1. The first kappa shape index (κ1) is 18.7. The van der Waals surface area contributed by atoms with Crippen molar-refractivity contribution in [1.29, 1.82) is 0 Å². The molecular formula is C17H19ClF3N5. The van der Waals surface area contributed by atoms with Crippen molar-refractivity contribution in [2.24, 2.45) is 0 Å². The molecular weight excluding hydrogens is 367 g/mol. The lowest BCUT2D eigenvalue weighted by atomic mass is 10.0. The van der Waals surface area contributed by atoms with Crippen LogP contribution in [0.15, 0.2) is 24.7 Å². The third-order valence-electron chi connectivity index (χ3n) is 4.43. The summed E-state index contributed by atoms with van der Waals surface area (Å²) in [7, 11) is 0. The maximum Gasteiger partial charge on any atom is 0.417 e. The summed E-state index contributed by atoms with van der Waals surface area (Å²) in [6, 6.07) is 2.68. The highest BCUT2D eigenvalue weighted by molar-refractivity contribution is 6.33.